The van der Waals surface area contributed by atoms with Gasteiger partial charge >= 0.3 is 0 Å². The van der Waals surface area contributed by atoms with Crippen LogP contribution in [0.25, 0.3) is 11.1 Å². The van der Waals surface area contributed by atoms with Gasteiger partial charge < -0.3 is 5.73 Å². The van der Waals surface area contributed by atoms with Crippen molar-refractivity contribution in [2.24, 2.45) is 0 Å². The van der Waals surface area contributed by atoms with Crippen LogP contribution in [0, 0.1) is 11.6 Å². The quantitative estimate of drug-likeness (QED) is 0.347. The molecule has 0 saturated heterocycles. The SMILES string of the molecule is C.Nc1cccc(N2C(=O)C(Cc3cc(F)cc(F)c3)c3cc(-c4cccc(Cl)c4)ccc32)n1. The Balaban J connectivity index is 0.00000274. The molecule has 34 heavy (non-hydrogen) atoms. The first-order valence-electron chi connectivity index (χ1n) is 10.3. The van der Waals surface area contributed by atoms with Crippen molar-refractivity contribution in [3.8, 4) is 11.1 Å². The predicted molar refractivity (Wildman–Crippen MR) is 132 cm³/mol. The van der Waals surface area contributed by atoms with E-state index in [9.17, 15) is 13.6 Å². The van der Waals surface area contributed by atoms with Crippen molar-refractivity contribution in [2.75, 3.05) is 10.6 Å². The van der Waals surface area contributed by atoms with Crippen LogP contribution in [-0.4, -0.2) is 10.9 Å². The Morgan fingerprint density at radius 2 is 1.62 bits per heavy atom. The summed E-state index contributed by atoms with van der Waals surface area (Å²) in [5, 5.41) is 0.599. The third-order valence-corrected chi connectivity index (χ3v) is 5.90. The number of aromatic nitrogens is 1. The average molecular weight is 478 g/mol. The summed E-state index contributed by atoms with van der Waals surface area (Å²) in [6, 6.07) is 21.5. The van der Waals surface area contributed by atoms with E-state index < -0.39 is 17.6 Å². The van der Waals surface area contributed by atoms with Crippen LogP contribution in [-0.2, 0) is 11.2 Å². The van der Waals surface area contributed by atoms with Crippen molar-refractivity contribution in [1.29, 1.82) is 0 Å². The Morgan fingerprint density at radius 3 is 2.32 bits per heavy atom. The van der Waals surface area contributed by atoms with Gasteiger partial charge in [0.1, 0.15) is 23.3 Å². The first-order valence-corrected chi connectivity index (χ1v) is 10.7. The fraction of sp³-hybridized carbons (Fsp3) is 0.111. The maximum absolute atomic E-state index is 13.8. The molecule has 1 atom stereocenters. The van der Waals surface area contributed by atoms with E-state index in [1.54, 1.807) is 24.3 Å². The maximum atomic E-state index is 13.8. The lowest BCUT2D eigenvalue weighted by Crippen LogP contribution is -2.25. The van der Waals surface area contributed by atoms with Gasteiger partial charge in [-0.3, -0.25) is 9.69 Å². The van der Waals surface area contributed by atoms with Crippen molar-refractivity contribution in [2.45, 2.75) is 19.8 Å². The molecule has 7 heteroatoms. The average Bonchev–Trinajstić information content (AvgIpc) is 3.04. The molecule has 1 aromatic heterocycles. The molecule has 0 spiro atoms. The fourth-order valence-electron chi connectivity index (χ4n) is 4.25. The lowest BCUT2D eigenvalue weighted by atomic mass is 9.91. The van der Waals surface area contributed by atoms with Gasteiger partial charge in [0.05, 0.1) is 11.6 Å². The number of carbonyl (C=O) groups is 1. The maximum Gasteiger partial charge on any atom is 0.240 e. The molecule has 1 amide bonds. The Hall–Kier alpha value is -3.77. The van der Waals surface area contributed by atoms with E-state index in [1.807, 2.05) is 36.4 Å². The monoisotopic (exact) mass is 477 g/mol. The number of nitrogens with zero attached hydrogens (tertiary/aromatic N) is 2. The fourth-order valence-corrected chi connectivity index (χ4v) is 4.44. The molecule has 5 rings (SSSR count). The van der Waals surface area contributed by atoms with Crippen LogP contribution in [0.4, 0.5) is 26.1 Å². The molecule has 0 saturated carbocycles. The van der Waals surface area contributed by atoms with Gasteiger partial charge in [0, 0.05) is 11.1 Å². The topological polar surface area (TPSA) is 59.2 Å². The highest BCUT2D eigenvalue weighted by molar-refractivity contribution is 6.30. The second-order valence-electron chi connectivity index (χ2n) is 7.91. The van der Waals surface area contributed by atoms with Gasteiger partial charge in [-0.25, -0.2) is 13.8 Å². The smallest absolute Gasteiger partial charge is 0.240 e. The predicted octanol–water partition coefficient (Wildman–Crippen LogP) is 6.90. The summed E-state index contributed by atoms with van der Waals surface area (Å²) in [6.45, 7) is 0. The number of hydrogen-bond donors (Lipinski definition) is 1. The van der Waals surface area contributed by atoms with Crippen LogP contribution in [0.15, 0.2) is 78.9 Å². The van der Waals surface area contributed by atoms with E-state index in [-0.39, 0.29) is 25.6 Å². The summed E-state index contributed by atoms with van der Waals surface area (Å²) in [5.41, 5.74) is 9.42. The minimum Gasteiger partial charge on any atom is -0.384 e. The molecular formula is C27H22ClF2N3O. The van der Waals surface area contributed by atoms with Crippen molar-refractivity contribution in [3.63, 3.8) is 0 Å². The number of anilines is 3. The minimum absolute atomic E-state index is 0. The first-order chi connectivity index (χ1) is 15.9. The number of benzene rings is 3. The summed E-state index contributed by atoms with van der Waals surface area (Å²) >= 11 is 6.17. The molecule has 1 aliphatic rings. The summed E-state index contributed by atoms with van der Waals surface area (Å²) in [6.07, 6.45) is 0.137. The zero-order valence-corrected chi connectivity index (χ0v) is 18.1. The van der Waals surface area contributed by atoms with Gasteiger partial charge in [0.15, 0.2) is 0 Å². The standard InChI is InChI=1S/C26H18ClF2N3O.CH4/c27-18-4-1-3-16(12-18)17-7-8-23-21(13-17)22(11-15-9-19(28)14-20(29)10-15)26(33)32(23)25-6-2-5-24(30)31-25;/h1-10,12-14,22H,11H2,(H2,30,31);1H4. The molecule has 1 unspecified atom stereocenters. The highest BCUT2D eigenvalue weighted by Crippen LogP contribution is 2.44. The number of halogens is 3. The number of carbonyl (C=O) groups excluding carboxylic acids is 1. The normalized spacial score (nSPS) is 14.6. The van der Waals surface area contributed by atoms with Crippen LogP contribution in [0.5, 0.6) is 0 Å². The van der Waals surface area contributed by atoms with Gasteiger partial charge in [-0.2, -0.15) is 0 Å². The molecule has 2 N–H and O–H groups in total. The molecule has 0 bridgehead atoms. The lowest BCUT2D eigenvalue weighted by Gasteiger charge is -2.17. The second-order valence-corrected chi connectivity index (χ2v) is 8.35. The molecule has 2 heterocycles. The van der Waals surface area contributed by atoms with E-state index >= 15 is 0 Å². The molecule has 4 nitrogen and oxygen atoms in total. The summed E-state index contributed by atoms with van der Waals surface area (Å²) in [7, 11) is 0. The Labute approximate surface area is 201 Å². The van der Waals surface area contributed by atoms with Crippen molar-refractivity contribution < 1.29 is 13.6 Å². The first kappa shape index (κ1) is 23.4. The highest BCUT2D eigenvalue weighted by atomic mass is 35.5. The Morgan fingerprint density at radius 1 is 0.912 bits per heavy atom. The van der Waals surface area contributed by atoms with Crippen molar-refractivity contribution in [3.05, 3.63) is 107 Å². The zero-order chi connectivity index (χ0) is 23.1. The zero-order valence-electron chi connectivity index (χ0n) is 17.3. The third kappa shape index (κ3) is 4.37. The Bertz CT molecular complexity index is 1370. The van der Waals surface area contributed by atoms with Crippen molar-refractivity contribution in [1.82, 2.24) is 4.98 Å². The minimum atomic E-state index is -0.683. The van der Waals surface area contributed by atoms with Gasteiger partial charge in [-0.05, 0) is 77.2 Å². The molecule has 0 aliphatic carbocycles. The Kier molecular flexibility index (Phi) is 6.35. The van der Waals surface area contributed by atoms with Gasteiger partial charge in [0.2, 0.25) is 5.91 Å². The number of nitrogen functional groups attached to an aromatic ring is 1. The van der Waals surface area contributed by atoms with E-state index in [2.05, 4.69) is 4.98 Å². The lowest BCUT2D eigenvalue weighted by molar-refractivity contribution is -0.118. The number of amides is 1. The van der Waals surface area contributed by atoms with Gasteiger partial charge in [0.25, 0.3) is 0 Å². The number of hydrogen-bond acceptors (Lipinski definition) is 3. The van der Waals surface area contributed by atoms with Crippen LogP contribution in [0.3, 0.4) is 0 Å². The van der Waals surface area contributed by atoms with Crippen LogP contribution in [0.1, 0.15) is 24.5 Å². The van der Waals surface area contributed by atoms with Crippen molar-refractivity contribution >= 4 is 34.8 Å². The number of fused-ring (bicyclic) bond motifs is 1. The van der Waals surface area contributed by atoms with Crippen LogP contribution >= 0.6 is 11.6 Å². The molecule has 172 valence electrons. The van der Waals surface area contributed by atoms with Gasteiger partial charge in [-0.1, -0.05) is 43.3 Å². The molecular weight excluding hydrogens is 456 g/mol. The summed E-state index contributed by atoms with van der Waals surface area (Å²) < 4.78 is 27.7. The second kappa shape index (κ2) is 9.23. The molecule has 0 radical (unpaired) electrons. The molecule has 3 aromatic carbocycles. The number of nitrogens with two attached hydrogens (primary N) is 1. The molecule has 0 fully saturated rings. The van der Waals surface area contributed by atoms with Crippen LogP contribution in [0.2, 0.25) is 5.02 Å². The summed E-state index contributed by atoms with van der Waals surface area (Å²) in [5.74, 6) is -1.58. The third-order valence-electron chi connectivity index (χ3n) is 5.67. The molecule has 1 aliphatic heterocycles. The van der Waals surface area contributed by atoms with E-state index in [0.29, 0.717) is 22.1 Å². The van der Waals surface area contributed by atoms with E-state index in [4.69, 9.17) is 17.3 Å². The number of pyridine rings is 1. The van der Waals surface area contributed by atoms with E-state index in [0.717, 1.165) is 22.8 Å². The van der Waals surface area contributed by atoms with Gasteiger partial charge in [-0.15, -0.1) is 0 Å². The van der Waals surface area contributed by atoms with Crippen LogP contribution < -0.4 is 10.6 Å². The summed E-state index contributed by atoms with van der Waals surface area (Å²) in [4.78, 5) is 19.4. The molecule has 4 aromatic rings. The van der Waals surface area contributed by atoms with E-state index in [1.165, 1.54) is 17.0 Å². The highest BCUT2D eigenvalue weighted by Gasteiger charge is 2.39. The largest absolute Gasteiger partial charge is 0.384 e. The number of rotatable bonds is 4.